The highest BCUT2D eigenvalue weighted by molar-refractivity contribution is 6.16. The second-order valence-electron chi connectivity index (χ2n) is 9.37. The van der Waals surface area contributed by atoms with Crippen LogP contribution in [0.25, 0.3) is 27.3 Å². The summed E-state index contributed by atoms with van der Waals surface area (Å²) in [5.41, 5.74) is 3.82. The SMILES string of the molecule is CCCCCOc1ccc2c3cc[n+]4nc(C)c(C)cc4c3n(C(=O)OC(C)(C)C)c2c1. The lowest BCUT2D eigenvalue weighted by atomic mass is 10.1. The first-order valence-electron chi connectivity index (χ1n) is 11.3. The van der Waals surface area contributed by atoms with Gasteiger partial charge in [0.25, 0.3) is 5.52 Å². The number of pyridine rings is 1. The molecule has 0 fully saturated rings. The molecule has 0 aliphatic heterocycles. The highest BCUT2D eigenvalue weighted by Crippen LogP contribution is 2.33. The zero-order valence-electron chi connectivity index (χ0n) is 19.9. The van der Waals surface area contributed by atoms with Crippen molar-refractivity contribution in [1.82, 2.24) is 9.67 Å². The van der Waals surface area contributed by atoms with E-state index in [1.165, 1.54) is 0 Å². The molecule has 0 unspecified atom stereocenters. The minimum absolute atomic E-state index is 0.410. The second kappa shape index (κ2) is 8.41. The number of carbonyl (C=O) groups excluding carboxylic acids is 1. The maximum atomic E-state index is 13.4. The fraction of sp³-hybridized carbons (Fsp3) is 0.423. The van der Waals surface area contributed by atoms with E-state index in [0.717, 1.165) is 63.6 Å². The molecule has 4 aromatic rings. The van der Waals surface area contributed by atoms with Crippen molar-refractivity contribution in [2.75, 3.05) is 6.61 Å². The number of hydrogen-bond donors (Lipinski definition) is 0. The Morgan fingerprint density at radius 1 is 1.09 bits per heavy atom. The summed E-state index contributed by atoms with van der Waals surface area (Å²) >= 11 is 0. The molecule has 3 aromatic heterocycles. The second-order valence-corrected chi connectivity index (χ2v) is 9.37. The molecule has 0 aliphatic rings. The van der Waals surface area contributed by atoms with Crippen LogP contribution in [0.15, 0.2) is 36.5 Å². The monoisotopic (exact) mass is 434 g/mol. The van der Waals surface area contributed by atoms with E-state index in [1.807, 2.05) is 69.6 Å². The quantitative estimate of drug-likeness (QED) is 0.290. The van der Waals surface area contributed by atoms with Crippen molar-refractivity contribution in [1.29, 1.82) is 0 Å². The van der Waals surface area contributed by atoms with Crippen LogP contribution in [0.3, 0.4) is 0 Å². The van der Waals surface area contributed by atoms with Gasteiger partial charge in [0, 0.05) is 34.1 Å². The molecule has 6 nitrogen and oxygen atoms in total. The lowest BCUT2D eigenvalue weighted by Gasteiger charge is -2.20. The number of nitrogens with zero attached hydrogens (tertiary/aromatic N) is 3. The Morgan fingerprint density at radius 3 is 2.59 bits per heavy atom. The molecule has 0 aliphatic carbocycles. The van der Waals surface area contributed by atoms with E-state index in [9.17, 15) is 4.79 Å². The van der Waals surface area contributed by atoms with Gasteiger partial charge in [0.05, 0.1) is 12.1 Å². The normalized spacial score (nSPS) is 12.1. The fourth-order valence-corrected chi connectivity index (χ4v) is 3.95. The van der Waals surface area contributed by atoms with Crippen molar-refractivity contribution >= 4 is 33.4 Å². The van der Waals surface area contributed by atoms with Crippen molar-refractivity contribution in [2.24, 2.45) is 0 Å². The van der Waals surface area contributed by atoms with Gasteiger partial charge in [-0.05, 0) is 58.7 Å². The topological polar surface area (TPSA) is 57.5 Å². The van der Waals surface area contributed by atoms with Crippen LogP contribution in [-0.4, -0.2) is 28.0 Å². The summed E-state index contributed by atoms with van der Waals surface area (Å²) in [6.45, 7) is 12.5. The number of benzene rings is 1. The van der Waals surface area contributed by atoms with Crippen LogP contribution in [0.1, 0.15) is 58.2 Å². The third kappa shape index (κ3) is 4.14. The Balaban J connectivity index is 1.97. The van der Waals surface area contributed by atoms with Gasteiger partial charge in [0.1, 0.15) is 22.6 Å². The number of unbranched alkanes of at least 4 members (excludes halogenated alkanes) is 2. The minimum atomic E-state index is -0.614. The number of hydrogen-bond acceptors (Lipinski definition) is 4. The number of rotatable bonds is 5. The van der Waals surface area contributed by atoms with Crippen LogP contribution in [-0.2, 0) is 4.74 Å². The van der Waals surface area contributed by atoms with E-state index in [0.29, 0.717) is 6.61 Å². The first-order valence-corrected chi connectivity index (χ1v) is 11.3. The van der Waals surface area contributed by atoms with Crippen LogP contribution in [0.2, 0.25) is 0 Å². The van der Waals surface area contributed by atoms with Crippen LogP contribution < -0.4 is 9.25 Å². The van der Waals surface area contributed by atoms with Gasteiger partial charge in [-0.2, -0.15) is 0 Å². The largest absolute Gasteiger partial charge is 0.494 e. The highest BCUT2D eigenvalue weighted by Gasteiger charge is 2.27. The molecular formula is C26H32N3O3+. The van der Waals surface area contributed by atoms with E-state index in [2.05, 4.69) is 18.1 Å². The van der Waals surface area contributed by atoms with Gasteiger partial charge in [0.2, 0.25) is 6.20 Å². The molecule has 0 atom stereocenters. The summed E-state index contributed by atoms with van der Waals surface area (Å²) in [7, 11) is 0. The lowest BCUT2D eigenvalue weighted by molar-refractivity contribution is -0.580. The average molecular weight is 435 g/mol. The molecule has 0 saturated carbocycles. The third-order valence-corrected chi connectivity index (χ3v) is 5.63. The van der Waals surface area contributed by atoms with Gasteiger partial charge in [-0.15, -0.1) is 0 Å². The Labute approximate surface area is 188 Å². The molecule has 32 heavy (non-hydrogen) atoms. The van der Waals surface area contributed by atoms with Crippen LogP contribution in [0.5, 0.6) is 5.75 Å². The van der Waals surface area contributed by atoms with E-state index < -0.39 is 11.7 Å². The Bertz CT molecular complexity index is 1320. The summed E-state index contributed by atoms with van der Waals surface area (Å²) in [6, 6.07) is 10.0. The van der Waals surface area contributed by atoms with E-state index in [-0.39, 0.29) is 0 Å². The predicted molar refractivity (Wildman–Crippen MR) is 127 cm³/mol. The Kier molecular flexibility index (Phi) is 5.80. The standard InChI is InChI=1S/C26H32N3O3/c1-7-8-9-14-31-19-10-11-20-21-12-13-28-23(15-17(2)18(3)27-28)24(21)29(22(20)16-19)25(30)32-26(4,5)6/h10-13,15-16H,7-9,14H2,1-6H3/q+1. The summed E-state index contributed by atoms with van der Waals surface area (Å²) in [5.74, 6) is 0.753. The number of aromatic nitrogens is 3. The van der Waals surface area contributed by atoms with Gasteiger partial charge in [-0.25, -0.2) is 9.36 Å². The molecule has 168 valence electrons. The molecule has 0 radical (unpaired) electrons. The summed E-state index contributed by atoms with van der Waals surface area (Å²) in [6.07, 6.45) is 4.82. The van der Waals surface area contributed by atoms with E-state index >= 15 is 0 Å². The molecule has 4 rings (SSSR count). The minimum Gasteiger partial charge on any atom is -0.494 e. The number of carbonyl (C=O) groups is 1. The number of aryl methyl sites for hydroxylation is 2. The predicted octanol–water partition coefficient (Wildman–Crippen LogP) is 5.90. The number of fused-ring (bicyclic) bond motifs is 5. The van der Waals surface area contributed by atoms with Crippen molar-refractivity contribution < 1.29 is 18.8 Å². The van der Waals surface area contributed by atoms with E-state index in [1.54, 1.807) is 4.57 Å². The highest BCUT2D eigenvalue weighted by atomic mass is 16.6. The van der Waals surface area contributed by atoms with Gasteiger partial charge in [-0.3, -0.25) is 0 Å². The van der Waals surface area contributed by atoms with Crippen molar-refractivity contribution in [3.63, 3.8) is 0 Å². The molecule has 0 bridgehead atoms. The molecule has 6 heteroatoms. The summed E-state index contributed by atoms with van der Waals surface area (Å²) < 4.78 is 15.3. The average Bonchev–Trinajstić information content (AvgIpc) is 3.05. The summed E-state index contributed by atoms with van der Waals surface area (Å²) in [4.78, 5) is 13.4. The van der Waals surface area contributed by atoms with Crippen molar-refractivity contribution in [3.05, 3.63) is 47.8 Å². The number of ether oxygens (including phenoxy) is 2. The van der Waals surface area contributed by atoms with Gasteiger partial charge in [0.15, 0.2) is 0 Å². The van der Waals surface area contributed by atoms with Crippen LogP contribution in [0.4, 0.5) is 4.79 Å². The van der Waals surface area contributed by atoms with Crippen LogP contribution >= 0.6 is 0 Å². The zero-order valence-corrected chi connectivity index (χ0v) is 19.9. The van der Waals surface area contributed by atoms with Crippen molar-refractivity contribution in [2.45, 2.75) is 66.4 Å². The maximum Gasteiger partial charge on any atom is 0.419 e. The molecule has 0 spiro atoms. The smallest absolute Gasteiger partial charge is 0.419 e. The fourth-order valence-electron chi connectivity index (χ4n) is 3.95. The third-order valence-electron chi connectivity index (χ3n) is 5.63. The van der Waals surface area contributed by atoms with Gasteiger partial charge >= 0.3 is 6.09 Å². The molecule has 0 N–H and O–H groups in total. The van der Waals surface area contributed by atoms with Crippen molar-refractivity contribution in [3.8, 4) is 5.75 Å². The molecule has 0 amide bonds. The summed E-state index contributed by atoms with van der Waals surface area (Å²) in [5, 5.41) is 6.63. The molecule has 3 heterocycles. The van der Waals surface area contributed by atoms with Crippen LogP contribution in [0, 0.1) is 13.8 Å². The molecule has 1 aromatic carbocycles. The Hall–Kier alpha value is -3.15. The maximum absolute atomic E-state index is 13.4. The van der Waals surface area contributed by atoms with E-state index in [4.69, 9.17) is 9.47 Å². The van der Waals surface area contributed by atoms with Gasteiger partial charge in [-0.1, -0.05) is 24.3 Å². The molecular weight excluding hydrogens is 402 g/mol. The first kappa shape index (κ1) is 22.1. The Morgan fingerprint density at radius 2 is 1.88 bits per heavy atom. The molecule has 0 saturated heterocycles. The first-order chi connectivity index (χ1) is 15.2. The zero-order chi connectivity index (χ0) is 23.0. The lowest BCUT2D eigenvalue weighted by Crippen LogP contribution is -2.30. The van der Waals surface area contributed by atoms with Gasteiger partial charge < -0.3 is 9.47 Å².